The lowest BCUT2D eigenvalue weighted by Crippen LogP contribution is -2.43. The van der Waals surface area contributed by atoms with Crippen LogP contribution in [0.5, 0.6) is 0 Å². The smallest absolute Gasteiger partial charge is 0.410 e. The highest BCUT2D eigenvalue weighted by Gasteiger charge is 2.27. The quantitative estimate of drug-likeness (QED) is 0.398. The molecule has 1 atom stereocenters. The van der Waals surface area contributed by atoms with Crippen molar-refractivity contribution in [2.75, 3.05) is 6.61 Å². The summed E-state index contributed by atoms with van der Waals surface area (Å²) in [5, 5.41) is 25.6. The molecule has 0 unspecified atom stereocenters. The van der Waals surface area contributed by atoms with E-state index in [1.807, 2.05) is 61.5 Å². The second-order valence-electron chi connectivity index (χ2n) is 7.95. The molecule has 0 fully saturated rings. The number of benzene rings is 3. The second-order valence-corrected chi connectivity index (χ2v) is 7.95. The summed E-state index contributed by atoms with van der Waals surface area (Å²) in [4.78, 5) is 25.2. The molecule has 0 saturated carbocycles. The van der Waals surface area contributed by atoms with Crippen molar-refractivity contribution in [1.29, 1.82) is 0 Å². The summed E-state index contributed by atoms with van der Waals surface area (Å²) < 4.78 is 5.20. The van der Waals surface area contributed by atoms with Crippen LogP contribution in [0.25, 0.3) is 33.3 Å². The summed E-state index contributed by atoms with van der Waals surface area (Å²) in [7, 11) is 0. The van der Waals surface area contributed by atoms with E-state index in [1.54, 1.807) is 0 Å². The lowest BCUT2D eigenvalue weighted by atomic mass is 9.96. The maximum atomic E-state index is 12.5. The van der Waals surface area contributed by atoms with Gasteiger partial charge in [0.1, 0.15) is 6.04 Å². The van der Waals surface area contributed by atoms with E-state index in [2.05, 4.69) is 26.7 Å². The third-order valence-electron chi connectivity index (χ3n) is 5.59. The SMILES string of the molecule is CCCOC(=O)N(Cc1ccc2cc(-c3ccccc3-c3nnn[nH]3)ccc2c1)[C@@H](C)C(=O)O. The molecule has 1 aromatic heterocycles. The number of ether oxygens (including phenoxy) is 1. The van der Waals surface area contributed by atoms with Crippen molar-refractivity contribution in [3.63, 3.8) is 0 Å². The number of hydrogen-bond acceptors (Lipinski definition) is 6. The highest BCUT2D eigenvalue weighted by Crippen LogP contribution is 2.32. The van der Waals surface area contributed by atoms with E-state index in [-0.39, 0.29) is 13.2 Å². The van der Waals surface area contributed by atoms with Crippen LogP contribution in [-0.4, -0.2) is 55.3 Å². The molecule has 0 spiro atoms. The van der Waals surface area contributed by atoms with E-state index in [1.165, 1.54) is 11.8 Å². The number of aromatic nitrogens is 4. The van der Waals surface area contributed by atoms with Gasteiger partial charge in [0.2, 0.25) is 0 Å². The Morgan fingerprint density at radius 1 is 1.06 bits per heavy atom. The molecule has 3 aromatic carbocycles. The van der Waals surface area contributed by atoms with Crippen molar-refractivity contribution in [3.05, 3.63) is 66.2 Å². The van der Waals surface area contributed by atoms with E-state index in [0.29, 0.717) is 12.2 Å². The first-order chi connectivity index (χ1) is 16.5. The number of hydrogen-bond donors (Lipinski definition) is 2. The van der Waals surface area contributed by atoms with Gasteiger partial charge >= 0.3 is 12.1 Å². The molecule has 1 heterocycles. The Labute approximate surface area is 196 Å². The highest BCUT2D eigenvalue weighted by molar-refractivity contribution is 5.91. The number of carboxylic acids is 1. The van der Waals surface area contributed by atoms with E-state index in [0.717, 1.165) is 33.0 Å². The van der Waals surface area contributed by atoms with Crippen LogP contribution >= 0.6 is 0 Å². The summed E-state index contributed by atoms with van der Waals surface area (Å²) in [6.45, 7) is 3.74. The Morgan fingerprint density at radius 3 is 2.50 bits per heavy atom. The maximum absolute atomic E-state index is 12.5. The summed E-state index contributed by atoms with van der Waals surface area (Å²) in [6.07, 6.45) is 0.0285. The topological polar surface area (TPSA) is 121 Å². The number of carbonyl (C=O) groups excluding carboxylic acids is 1. The number of amides is 1. The first kappa shape index (κ1) is 22.9. The molecule has 174 valence electrons. The molecule has 4 rings (SSSR count). The van der Waals surface area contributed by atoms with E-state index in [9.17, 15) is 14.7 Å². The first-order valence-corrected chi connectivity index (χ1v) is 11.0. The molecule has 9 nitrogen and oxygen atoms in total. The monoisotopic (exact) mass is 459 g/mol. The Hall–Kier alpha value is -4.27. The molecule has 0 aliphatic carbocycles. The average Bonchev–Trinajstić information content (AvgIpc) is 3.40. The van der Waals surface area contributed by atoms with Gasteiger partial charge in [-0.1, -0.05) is 55.5 Å². The van der Waals surface area contributed by atoms with Gasteiger partial charge in [-0.05, 0) is 63.4 Å². The number of rotatable bonds is 8. The third kappa shape index (κ3) is 4.88. The minimum Gasteiger partial charge on any atom is -0.480 e. The van der Waals surface area contributed by atoms with Crippen molar-refractivity contribution in [2.45, 2.75) is 32.9 Å². The van der Waals surface area contributed by atoms with Crippen molar-refractivity contribution in [3.8, 4) is 22.5 Å². The Balaban J connectivity index is 1.63. The van der Waals surface area contributed by atoms with E-state index in [4.69, 9.17) is 4.74 Å². The summed E-state index contributed by atoms with van der Waals surface area (Å²) >= 11 is 0. The summed E-state index contributed by atoms with van der Waals surface area (Å²) in [5.74, 6) is -0.492. The van der Waals surface area contributed by atoms with Crippen LogP contribution in [0.15, 0.2) is 60.7 Å². The molecule has 0 aliphatic heterocycles. The Bertz CT molecular complexity index is 1310. The van der Waals surface area contributed by atoms with Gasteiger partial charge < -0.3 is 9.84 Å². The zero-order chi connectivity index (χ0) is 24.1. The molecule has 0 aliphatic rings. The molecule has 0 radical (unpaired) electrons. The van der Waals surface area contributed by atoms with E-state index < -0.39 is 18.1 Å². The predicted molar refractivity (Wildman–Crippen MR) is 127 cm³/mol. The first-order valence-electron chi connectivity index (χ1n) is 11.0. The summed E-state index contributed by atoms with van der Waals surface area (Å²) in [6, 6.07) is 18.8. The van der Waals surface area contributed by atoms with Crippen LogP contribution in [-0.2, 0) is 16.1 Å². The zero-order valence-electron chi connectivity index (χ0n) is 18.9. The number of aliphatic carboxylic acids is 1. The number of carboxylic acid groups (broad SMARTS) is 1. The molecular weight excluding hydrogens is 434 g/mol. The molecule has 0 bridgehead atoms. The molecule has 1 amide bonds. The van der Waals surface area contributed by atoms with Crippen LogP contribution in [0.3, 0.4) is 0 Å². The lowest BCUT2D eigenvalue weighted by molar-refractivity contribution is -0.142. The zero-order valence-corrected chi connectivity index (χ0v) is 18.9. The highest BCUT2D eigenvalue weighted by atomic mass is 16.6. The number of nitrogens with zero attached hydrogens (tertiary/aromatic N) is 4. The number of tetrazole rings is 1. The van der Waals surface area contributed by atoms with Crippen LogP contribution < -0.4 is 0 Å². The van der Waals surface area contributed by atoms with Gasteiger partial charge in [0.15, 0.2) is 5.82 Å². The van der Waals surface area contributed by atoms with E-state index >= 15 is 0 Å². The van der Waals surface area contributed by atoms with Crippen molar-refractivity contribution in [2.24, 2.45) is 0 Å². The Kier molecular flexibility index (Phi) is 6.82. The van der Waals surface area contributed by atoms with Crippen molar-refractivity contribution < 1.29 is 19.4 Å². The number of fused-ring (bicyclic) bond motifs is 1. The molecule has 9 heteroatoms. The number of H-pyrrole nitrogens is 1. The fourth-order valence-corrected chi connectivity index (χ4v) is 3.74. The number of aromatic amines is 1. The maximum Gasteiger partial charge on any atom is 0.410 e. The molecular formula is C25H25N5O4. The minimum absolute atomic E-state index is 0.134. The Morgan fingerprint density at radius 2 is 1.79 bits per heavy atom. The third-order valence-corrected chi connectivity index (χ3v) is 5.59. The average molecular weight is 460 g/mol. The van der Waals surface area contributed by atoms with Gasteiger partial charge in [0.05, 0.1) is 6.61 Å². The van der Waals surface area contributed by atoms with Gasteiger partial charge in [-0.3, -0.25) is 4.90 Å². The van der Waals surface area contributed by atoms with Gasteiger partial charge in [-0.25, -0.2) is 14.7 Å². The lowest BCUT2D eigenvalue weighted by Gasteiger charge is -2.26. The van der Waals surface area contributed by atoms with Crippen LogP contribution in [0.4, 0.5) is 4.79 Å². The largest absolute Gasteiger partial charge is 0.480 e. The van der Waals surface area contributed by atoms with Gasteiger partial charge in [-0.15, -0.1) is 5.10 Å². The van der Waals surface area contributed by atoms with Gasteiger partial charge in [0, 0.05) is 12.1 Å². The van der Waals surface area contributed by atoms with Crippen molar-refractivity contribution >= 4 is 22.8 Å². The van der Waals surface area contributed by atoms with Crippen LogP contribution in [0.1, 0.15) is 25.8 Å². The normalized spacial score (nSPS) is 11.8. The molecule has 34 heavy (non-hydrogen) atoms. The van der Waals surface area contributed by atoms with Crippen molar-refractivity contribution in [1.82, 2.24) is 25.5 Å². The fraction of sp³-hybridized carbons (Fsp3) is 0.240. The molecule has 4 aromatic rings. The molecule has 0 saturated heterocycles. The van der Waals surface area contributed by atoms with Crippen LogP contribution in [0, 0.1) is 0 Å². The van der Waals surface area contributed by atoms with Gasteiger partial charge in [0.25, 0.3) is 0 Å². The van der Waals surface area contributed by atoms with Gasteiger partial charge in [-0.2, -0.15) is 0 Å². The summed E-state index contributed by atoms with van der Waals surface area (Å²) in [5.41, 5.74) is 3.71. The standard InChI is InChI=1S/C25H25N5O4/c1-3-12-34-25(33)30(16(2)24(31)32)15-17-8-9-19-14-20(11-10-18(19)13-17)21-6-4-5-7-22(21)23-26-28-29-27-23/h4-11,13-14,16H,3,12,15H2,1-2H3,(H,31,32)(H,26,27,28,29)/t16-/m0/s1. The van der Waals surface area contributed by atoms with Crippen LogP contribution in [0.2, 0.25) is 0 Å². The minimum atomic E-state index is -1.08. The predicted octanol–water partition coefficient (Wildman–Crippen LogP) is 4.51. The number of carbonyl (C=O) groups is 2. The second kappa shape index (κ2) is 10.1. The fourth-order valence-electron chi connectivity index (χ4n) is 3.74. The number of nitrogens with one attached hydrogen (secondary N) is 1. The molecule has 2 N–H and O–H groups in total.